The summed E-state index contributed by atoms with van der Waals surface area (Å²) in [4.78, 5) is 12.5. The van der Waals surface area contributed by atoms with E-state index in [1.165, 1.54) is 0 Å². The van der Waals surface area contributed by atoms with Crippen molar-refractivity contribution in [2.75, 3.05) is 31.5 Å². The Labute approximate surface area is 232 Å². The molecule has 0 saturated carbocycles. The van der Waals surface area contributed by atoms with Gasteiger partial charge in [0.15, 0.2) is 0 Å². The number of aromatic nitrogens is 2. The maximum Gasteiger partial charge on any atom is 0.243 e. The molecule has 4 aromatic rings. The fourth-order valence-electron chi connectivity index (χ4n) is 5.27. The molecule has 1 aromatic heterocycles. The monoisotopic (exact) mass is 543 g/mol. The number of rotatable bonds is 8. The number of fused-ring (bicyclic) bond motifs is 1. The van der Waals surface area contributed by atoms with Crippen LogP contribution in [0.1, 0.15) is 48.8 Å². The number of benzene rings is 3. The van der Waals surface area contributed by atoms with Gasteiger partial charge in [0.25, 0.3) is 0 Å². The Morgan fingerprint density at radius 3 is 2.21 bits per heavy atom. The fraction of sp³-hybridized carbons (Fsp3) is 0.355. The summed E-state index contributed by atoms with van der Waals surface area (Å²) >= 11 is 0. The number of nitrogens with one attached hydrogen (secondary N) is 1. The smallest absolute Gasteiger partial charge is 0.243 e. The second-order valence-corrected chi connectivity index (χ2v) is 12.3. The molecule has 1 unspecified atom stereocenters. The first-order valence-corrected chi connectivity index (χ1v) is 15.1. The number of para-hydroxylation sites is 2. The van der Waals surface area contributed by atoms with Crippen LogP contribution in [0.3, 0.4) is 0 Å². The first-order valence-electron chi connectivity index (χ1n) is 13.7. The molecule has 0 radical (unpaired) electrons. The van der Waals surface area contributed by atoms with Gasteiger partial charge in [-0.05, 0) is 68.1 Å². The molecule has 204 valence electrons. The minimum Gasteiger partial charge on any atom is -0.339 e. The van der Waals surface area contributed by atoms with Gasteiger partial charge < -0.3 is 5.32 Å². The van der Waals surface area contributed by atoms with E-state index in [1.807, 2.05) is 36.4 Å². The molecule has 3 aromatic carbocycles. The van der Waals surface area contributed by atoms with Crippen LogP contribution in [0.4, 0.5) is 11.5 Å². The first kappa shape index (κ1) is 27.2. The van der Waals surface area contributed by atoms with Crippen molar-refractivity contribution in [2.45, 2.75) is 51.5 Å². The van der Waals surface area contributed by atoms with Crippen LogP contribution in [0, 0.1) is 13.8 Å². The highest BCUT2D eigenvalue weighted by Crippen LogP contribution is 2.30. The zero-order valence-electron chi connectivity index (χ0n) is 23.2. The van der Waals surface area contributed by atoms with E-state index in [0.29, 0.717) is 31.1 Å². The van der Waals surface area contributed by atoms with Crippen LogP contribution in [-0.4, -0.2) is 53.8 Å². The summed E-state index contributed by atoms with van der Waals surface area (Å²) in [6.45, 7) is 10.5. The van der Waals surface area contributed by atoms with Crippen molar-refractivity contribution in [1.29, 1.82) is 0 Å². The van der Waals surface area contributed by atoms with Crippen LogP contribution >= 0.6 is 0 Å². The molecule has 0 amide bonds. The minimum absolute atomic E-state index is 0.0636. The van der Waals surface area contributed by atoms with Crippen LogP contribution in [-0.2, 0) is 16.4 Å². The van der Waals surface area contributed by atoms with Crippen molar-refractivity contribution in [2.24, 2.45) is 0 Å². The largest absolute Gasteiger partial charge is 0.339 e. The summed E-state index contributed by atoms with van der Waals surface area (Å²) in [5, 5.41) is 4.55. The van der Waals surface area contributed by atoms with Gasteiger partial charge in [-0.1, -0.05) is 55.8 Å². The molecule has 1 fully saturated rings. The molecule has 39 heavy (non-hydrogen) atoms. The molecule has 2 heterocycles. The lowest BCUT2D eigenvalue weighted by Gasteiger charge is -2.37. The van der Waals surface area contributed by atoms with E-state index in [2.05, 4.69) is 56.1 Å². The molecule has 5 rings (SSSR count). The molecule has 0 spiro atoms. The van der Waals surface area contributed by atoms with Gasteiger partial charge >= 0.3 is 0 Å². The van der Waals surface area contributed by atoms with Crippen molar-refractivity contribution < 1.29 is 8.42 Å². The molecular weight excluding hydrogens is 506 g/mol. The Morgan fingerprint density at radius 2 is 1.54 bits per heavy atom. The standard InChI is InChI=1S/C31H37N5O2S/c1-5-9-25-14-16-26(17-15-25)39(37,38)36-20-18-35(19-21-36)24(4)30-32-28-13-7-6-12-27(28)31(34-30)33-29-22(2)10-8-11-23(29)3/h6-8,10-17,24H,5,9,18-21H2,1-4H3,(H,32,33,34). The Balaban J connectivity index is 1.35. The third-order valence-electron chi connectivity index (χ3n) is 7.64. The zero-order valence-corrected chi connectivity index (χ0v) is 24.0. The second-order valence-electron chi connectivity index (χ2n) is 10.3. The summed E-state index contributed by atoms with van der Waals surface area (Å²) < 4.78 is 28.2. The lowest BCUT2D eigenvalue weighted by atomic mass is 10.1. The number of sulfonamides is 1. The predicted octanol–water partition coefficient (Wildman–Crippen LogP) is 6.01. The molecule has 1 aliphatic heterocycles. The van der Waals surface area contributed by atoms with E-state index in [9.17, 15) is 8.42 Å². The van der Waals surface area contributed by atoms with Crippen LogP contribution in [0.5, 0.6) is 0 Å². The van der Waals surface area contributed by atoms with Gasteiger partial charge in [0.2, 0.25) is 10.0 Å². The predicted molar refractivity (Wildman–Crippen MR) is 158 cm³/mol. The number of piperazine rings is 1. The SMILES string of the molecule is CCCc1ccc(S(=O)(=O)N2CCN(C(C)c3nc(Nc4c(C)cccc4C)c4ccccc4n3)CC2)cc1. The van der Waals surface area contributed by atoms with E-state index < -0.39 is 10.0 Å². The topological polar surface area (TPSA) is 78.4 Å². The normalized spacial score (nSPS) is 15.9. The van der Waals surface area contributed by atoms with E-state index >= 15 is 0 Å². The Morgan fingerprint density at radius 1 is 0.872 bits per heavy atom. The lowest BCUT2D eigenvalue weighted by Crippen LogP contribution is -2.49. The summed E-state index contributed by atoms with van der Waals surface area (Å²) in [5.74, 6) is 1.51. The first-order chi connectivity index (χ1) is 18.8. The van der Waals surface area contributed by atoms with E-state index in [1.54, 1.807) is 16.4 Å². The molecular formula is C31H37N5O2S. The quantitative estimate of drug-likeness (QED) is 0.293. The fourth-order valence-corrected chi connectivity index (χ4v) is 6.69. The van der Waals surface area contributed by atoms with E-state index in [-0.39, 0.29) is 6.04 Å². The van der Waals surface area contributed by atoms with Gasteiger partial charge in [-0.25, -0.2) is 18.4 Å². The van der Waals surface area contributed by atoms with Crippen LogP contribution in [0.2, 0.25) is 0 Å². The van der Waals surface area contributed by atoms with E-state index in [0.717, 1.165) is 57.8 Å². The maximum atomic E-state index is 13.3. The van der Waals surface area contributed by atoms with Crippen molar-refractivity contribution in [3.05, 3.63) is 89.2 Å². The molecule has 8 heteroatoms. The third kappa shape index (κ3) is 5.69. The zero-order chi connectivity index (χ0) is 27.6. The number of anilines is 2. The number of nitrogens with zero attached hydrogens (tertiary/aromatic N) is 4. The summed E-state index contributed by atoms with van der Waals surface area (Å²) in [5.41, 5.74) is 5.42. The van der Waals surface area contributed by atoms with Gasteiger partial charge in [0, 0.05) is 37.3 Å². The average Bonchev–Trinajstić information content (AvgIpc) is 2.95. The second kappa shape index (κ2) is 11.4. The van der Waals surface area contributed by atoms with Gasteiger partial charge in [-0.15, -0.1) is 0 Å². The van der Waals surface area contributed by atoms with E-state index in [4.69, 9.17) is 9.97 Å². The third-order valence-corrected chi connectivity index (χ3v) is 9.55. The lowest BCUT2D eigenvalue weighted by molar-refractivity contribution is 0.141. The van der Waals surface area contributed by atoms with Crippen molar-refractivity contribution in [3.63, 3.8) is 0 Å². The van der Waals surface area contributed by atoms with Gasteiger partial charge in [0.05, 0.1) is 16.5 Å². The minimum atomic E-state index is -3.52. The van der Waals surface area contributed by atoms with Crippen molar-refractivity contribution >= 4 is 32.4 Å². The highest BCUT2D eigenvalue weighted by molar-refractivity contribution is 7.89. The van der Waals surface area contributed by atoms with Crippen LogP contribution in [0.25, 0.3) is 10.9 Å². The Hall–Kier alpha value is -3.33. The van der Waals surface area contributed by atoms with Gasteiger partial charge in [0.1, 0.15) is 11.6 Å². The molecule has 0 bridgehead atoms. The number of hydrogen-bond acceptors (Lipinski definition) is 6. The molecule has 7 nitrogen and oxygen atoms in total. The van der Waals surface area contributed by atoms with Crippen molar-refractivity contribution in [1.82, 2.24) is 19.2 Å². The summed E-state index contributed by atoms with van der Waals surface area (Å²) in [6, 6.07) is 21.6. The van der Waals surface area contributed by atoms with Crippen molar-refractivity contribution in [3.8, 4) is 0 Å². The molecule has 1 N–H and O–H groups in total. The molecule has 0 aliphatic carbocycles. The Kier molecular flexibility index (Phi) is 7.98. The number of hydrogen-bond donors (Lipinski definition) is 1. The van der Waals surface area contributed by atoms with Crippen LogP contribution < -0.4 is 5.32 Å². The van der Waals surface area contributed by atoms with Gasteiger partial charge in [-0.2, -0.15) is 4.31 Å². The molecule has 1 aliphatic rings. The average molecular weight is 544 g/mol. The summed E-state index contributed by atoms with van der Waals surface area (Å²) in [6.07, 6.45) is 1.99. The highest BCUT2D eigenvalue weighted by Gasteiger charge is 2.31. The highest BCUT2D eigenvalue weighted by atomic mass is 32.2. The van der Waals surface area contributed by atoms with Crippen LogP contribution in [0.15, 0.2) is 71.6 Å². The maximum absolute atomic E-state index is 13.3. The molecule has 1 saturated heterocycles. The Bertz CT molecular complexity index is 1540. The number of aryl methyl sites for hydroxylation is 3. The molecule has 1 atom stereocenters. The van der Waals surface area contributed by atoms with Gasteiger partial charge in [-0.3, -0.25) is 4.90 Å². The summed E-state index contributed by atoms with van der Waals surface area (Å²) in [7, 11) is -3.52.